The number of nitrogens with zero attached hydrogens (tertiary/aromatic N) is 2. The Morgan fingerprint density at radius 3 is 2.92 bits per heavy atom. The van der Waals surface area contributed by atoms with Gasteiger partial charge in [-0.15, -0.1) is 0 Å². The van der Waals surface area contributed by atoms with Gasteiger partial charge in [0.15, 0.2) is 0 Å². The van der Waals surface area contributed by atoms with E-state index >= 15 is 0 Å². The van der Waals surface area contributed by atoms with E-state index in [1.807, 2.05) is 6.20 Å². The molecule has 2 rings (SSSR count). The molecular weight excluding hydrogens is 216 g/mol. The Hall–Kier alpha value is -0.310. The second-order valence-electron chi connectivity index (χ2n) is 3.32. The molecule has 1 aromatic rings. The van der Waals surface area contributed by atoms with E-state index in [4.69, 9.17) is 0 Å². The van der Waals surface area contributed by atoms with E-state index in [1.165, 1.54) is 29.4 Å². The summed E-state index contributed by atoms with van der Waals surface area (Å²) < 4.78 is 3.29. The summed E-state index contributed by atoms with van der Waals surface area (Å²) in [7, 11) is 0. The molecule has 0 N–H and O–H groups in total. The number of rotatable bonds is 2. The Labute approximate surface area is 81.1 Å². The molecule has 0 radical (unpaired) electrons. The minimum Gasteiger partial charge on any atom is -0.268 e. The van der Waals surface area contributed by atoms with Crippen LogP contribution in [0.5, 0.6) is 0 Å². The first-order valence-electron chi connectivity index (χ1n) is 4.54. The van der Waals surface area contributed by atoms with Crippen molar-refractivity contribution in [2.45, 2.75) is 38.6 Å². The fourth-order valence-electron chi connectivity index (χ4n) is 1.71. The van der Waals surface area contributed by atoms with E-state index in [0.29, 0.717) is 0 Å². The van der Waals surface area contributed by atoms with Crippen molar-refractivity contribution < 1.29 is 0 Å². The lowest BCUT2D eigenvalue weighted by Crippen LogP contribution is -2.15. The highest BCUT2D eigenvalue weighted by molar-refractivity contribution is 9.10. The summed E-state index contributed by atoms with van der Waals surface area (Å²) in [6.07, 6.45) is 5.97. The van der Waals surface area contributed by atoms with Crippen molar-refractivity contribution in [3.63, 3.8) is 0 Å². The lowest BCUT2D eigenvalue weighted by molar-refractivity contribution is 0.389. The second kappa shape index (κ2) is 3.21. The van der Waals surface area contributed by atoms with Crippen LogP contribution in [0.2, 0.25) is 0 Å². The fraction of sp³-hybridized carbons (Fsp3) is 0.667. The summed E-state index contributed by atoms with van der Waals surface area (Å²) in [5.41, 5.74) is 1.41. The fourth-order valence-corrected chi connectivity index (χ4v) is 2.33. The van der Waals surface area contributed by atoms with Crippen LogP contribution in [0.15, 0.2) is 10.7 Å². The molecule has 1 fully saturated rings. The topological polar surface area (TPSA) is 17.8 Å². The van der Waals surface area contributed by atoms with Crippen LogP contribution in [0.25, 0.3) is 0 Å². The van der Waals surface area contributed by atoms with Gasteiger partial charge in [0.1, 0.15) is 0 Å². The number of hydrogen-bond acceptors (Lipinski definition) is 1. The SMILES string of the molecule is CCn1ncc(Br)c1C1CCC1. The average molecular weight is 229 g/mol. The normalized spacial score (nSPS) is 17.8. The molecule has 0 saturated heterocycles. The van der Waals surface area contributed by atoms with Gasteiger partial charge in [-0.1, -0.05) is 6.42 Å². The van der Waals surface area contributed by atoms with E-state index in [0.717, 1.165) is 12.5 Å². The molecule has 1 aliphatic carbocycles. The third-order valence-electron chi connectivity index (χ3n) is 2.62. The van der Waals surface area contributed by atoms with Crippen LogP contribution in [0.3, 0.4) is 0 Å². The van der Waals surface area contributed by atoms with Crippen molar-refractivity contribution in [3.05, 3.63) is 16.4 Å². The van der Waals surface area contributed by atoms with Gasteiger partial charge in [-0.3, -0.25) is 4.68 Å². The zero-order chi connectivity index (χ0) is 8.55. The van der Waals surface area contributed by atoms with Crippen LogP contribution in [0.1, 0.15) is 37.8 Å². The highest BCUT2D eigenvalue weighted by Gasteiger charge is 2.25. The van der Waals surface area contributed by atoms with Gasteiger partial charge >= 0.3 is 0 Å². The van der Waals surface area contributed by atoms with Crippen LogP contribution >= 0.6 is 15.9 Å². The summed E-state index contributed by atoms with van der Waals surface area (Å²) in [4.78, 5) is 0. The van der Waals surface area contributed by atoms with Gasteiger partial charge in [0.25, 0.3) is 0 Å². The molecule has 66 valence electrons. The molecule has 12 heavy (non-hydrogen) atoms. The minimum atomic E-state index is 0.766. The van der Waals surface area contributed by atoms with Crippen molar-refractivity contribution in [1.29, 1.82) is 0 Å². The zero-order valence-electron chi connectivity index (χ0n) is 7.26. The van der Waals surface area contributed by atoms with Gasteiger partial charge in [0.05, 0.1) is 16.4 Å². The summed E-state index contributed by atoms with van der Waals surface area (Å²) in [5.74, 6) is 0.766. The van der Waals surface area contributed by atoms with E-state index < -0.39 is 0 Å². The molecule has 1 aromatic heterocycles. The first-order valence-corrected chi connectivity index (χ1v) is 5.33. The van der Waals surface area contributed by atoms with Gasteiger partial charge in [-0.05, 0) is 35.7 Å². The standard InChI is InChI=1S/C9H13BrN2/c1-2-12-9(7-4-3-5-7)8(10)6-11-12/h6-7H,2-5H2,1H3. The molecule has 1 aliphatic rings. The second-order valence-corrected chi connectivity index (χ2v) is 4.18. The summed E-state index contributed by atoms with van der Waals surface area (Å²) in [6, 6.07) is 0. The van der Waals surface area contributed by atoms with Crippen molar-refractivity contribution in [1.82, 2.24) is 9.78 Å². The maximum Gasteiger partial charge on any atom is 0.0635 e. The third-order valence-corrected chi connectivity index (χ3v) is 3.24. The zero-order valence-corrected chi connectivity index (χ0v) is 8.84. The Morgan fingerprint density at radius 1 is 1.67 bits per heavy atom. The molecule has 0 atom stereocenters. The smallest absolute Gasteiger partial charge is 0.0635 e. The molecule has 0 spiro atoms. The molecule has 3 heteroatoms. The largest absolute Gasteiger partial charge is 0.268 e. The first-order chi connectivity index (χ1) is 5.83. The van der Waals surface area contributed by atoms with Gasteiger partial charge in [0.2, 0.25) is 0 Å². The van der Waals surface area contributed by atoms with E-state index in [-0.39, 0.29) is 0 Å². The van der Waals surface area contributed by atoms with Crippen molar-refractivity contribution in [2.24, 2.45) is 0 Å². The molecule has 0 bridgehead atoms. The molecule has 0 aliphatic heterocycles. The van der Waals surface area contributed by atoms with Gasteiger partial charge < -0.3 is 0 Å². The van der Waals surface area contributed by atoms with Crippen LogP contribution in [-0.2, 0) is 6.54 Å². The molecule has 0 amide bonds. The monoisotopic (exact) mass is 228 g/mol. The number of halogens is 1. The van der Waals surface area contributed by atoms with E-state index in [2.05, 4.69) is 32.6 Å². The highest BCUT2D eigenvalue weighted by atomic mass is 79.9. The molecule has 1 saturated carbocycles. The quantitative estimate of drug-likeness (QED) is 0.762. The van der Waals surface area contributed by atoms with Gasteiger partial charge in [0, 0.05) is 12.5 Å². The predicted octanol–water partition coefficient (Wildman–Crippen LogP) is 2.93. The first kappa shape index (κ1) is 8.30. The Kier molecular flexibility index (Phi) is 2.22. The van der Waals surface area contributed by atoms with Crippen molar-refractivity contribution in [2.75, 3.05) is 0 Å². The number of aryl methyl sites for hydroxylation is 1. The lowest BCUT2D eigenvalue weighted by Gasteiger charge is -2.26. The lowest BCUT2D eigenvalue weighted by atomic mass is 9.83. The Balaban J connectivity index is 2.31. The Bertz CT molecular complexity index is 276. The van der Waals surface area contributed by atoms with Crippen LogP contribution in [0.4, 0.5) is 0 Å². The van der Waals surface area contributed by atoms with Crippen molar-refractivity contribution >= 4 is 15.9 Å². The van der Waals surface area contributed by atoms with E-state index in [9.17, 15) is 0 Å². The van der Waals surface area contributed by atoms with Crippen LogP contribution in [0, 0.1) is 0 Å². The molecular formula is C9H13BrN2. The number of hydrogen-bond donors (Lipinski definition) is 0. The number of aromatic nitrogens is 2. The van der Waals surface area contributed by atoms with Crippen LogP contribution < -0.4 is 0 Å². The maximum atomic E-state index is 4.31. The maximum absolute atomic E-state index is 4.31. The molecule has 1 heterocycles. The molecule has 0 aromatic carbocycles. The molecule has 2 nitrogen and oxygen atoms in total. The summed E-state index contributed by atoms with van der Waals surface area (Å²) in [5, 5.41) is 4.31. The minimum absolute atomic E-state index is 0.766. The highest BCUT2D eigenvalue weighted by Crippen LogP contribution is 2.39. The average Bonchev–Trinajstić information content (AvgIpc) is 2.30. The van der Waals surface area contributed by atoms with Gasteiger partial charge in [-0.25, -0.2) is 0 Å². The predicted molar refractivity (Wildman–Crippen MR) is 52.2 cm³/mol. The summed E-state index contributed by atoms with van der Waals surface area (Å²) in [6.45, 7) is 3.12. The van der Waals surface area contributed by atoms with Crippen molar-refractivity contribution in [3.8, 4) is 0 Å². The van der Waals surface area contributed by atoms with Gasteiger partial charge in [-0.2, -0.15) is 5.10 Å². The molecule has 0 unspecified atom stereocenters. The summed E-state index contributed by atoms with van der Waals surface area (Å²) >= 11 is 3.55. The Morgan fingerprint density at radius 2 is 2.42 bits per heavy atom. The van der Waals surface area contributed by atoms with E-state index in [1.54, 1.807) is 0 Å². The van der Waals surface area contributed by atoms with Crippen LogP contribution in [-0.4, -0.2) is 9.78 Å². The third kappa shape index (κ3) is 1.20.